The van der Waals surface area contributed by atoms with Gasteiger partial charge in [0.1, 0.15) is 11.9 Å². The quantitative estimate of drug-likeness (QED) is 0.486. The Morgan fingerprint density at radius 2 is 1.84 bits per heavy atom. The van der Waals surface area contributed by atoms with E-state index < -0.39 is 35.5 Å². The Morgan fingerprint density at radius 3 is 2.57 bits per heavy atom. The van der Waals surface area contributed by atoms with E-state index in [1.807, 2.05) is 26.0 Å². The Labute approximate surface area is 216 Å². The highest BCUT2D eigenvalue weighted by Gasteiger charge is 2.58. The molecule has 1 N–H and O–H groups in total. The molecule has 4 rings (SSSR count). The number of hydrogen-bond acceptors (Lipinski definition) is 7. The van der Waals surface area contributed by atoms with Crippen LogP contribution in [0.4, 0.5) is 4.39 Å². The summed E-state index contributed by atoms with van der Waals surface area (Å²) in [6, 6.07) is 15.7. The molecule has 4 atom stereocenters. The van der Waals surface area contributed by atoms with Crippen LogP contribution in [0.25, 0.3) is 0 Å². The molecule has 0 aromatic heterocycles. The van der Waals surface area contributed by atoms with Gasteiger partial charge < -0.3 is 29.0 Å². The van der Waals surface area contributed by atoms with Crippen molar-refractivity contribution in [3.05, 3.63) is 71.0 Å². The van der Waals surface area contributed by atoms with Gasteiger partial charge in [-0.2, -0.15) is 5.26 Å². The average molecular weight is 513 g/mol. The molecule has 0 bridgehead atoms. The number of benzene rings is 2. The molecule has 2 aromatic rings. The standard InChI is InChI=1S/C28H33FN2O6/c1-27(2)36-24-15-28(26(32)31-12-13-33-3,35-18-21-10-6-7-11-22(21)29)14-23(25(24)37-27)34-17-20-9-5-4-8-19(20)16-30/h4-11,23-25H,12-15,17-18H2,1-3H3,(H,31,32)/t23?,24-,25+,28-/m1/s1. The van der Waals surface area contributed by atoms with E-state index in [0.29, 0.717) is 17.7 Å². The zero-order valence-corrected chi connectivity index (χ0v) is 21.4. The fraction of sp³-hybridized carbons (Fsp3) is 0.500. The summed E-state index contributed by atoms with van der Waals surface area (Å²) in [5.74, 6) is -1.64. The number of halogens is 1. The first-order chi connectivity index (χ1) is 17.8. The van der Waals surface area contributed by atoms with Crippen LogP contribution in [0.1, 0.15) is 43.4 Å². The van der Waals surface area contributed by atoms with E-state index in [0.717, 1.165) is 5.56 Å². The van der Waals surface area contributed by atoms with E-state index in [9.17, 15) is 14.4 Å². The first-order valence-electron chi connectivity index (χ1n) is 12.4. The molecule has 198 valence electrons. The lowest BCUT2D eigenvalue weighted by molar-refractivity contribution is -0.183. The highest BCUT2D eigenvalue weighted by molar-refractivity contribution is 5.85. The van der Waals surface area contributed by atoms with Gasteiger partial charge in [-0.15, -0.1) is 0 Å². The maximum absolute atomic E-state index is 14.4. The van der Waals surface area contributed by atoms with Gasteiger partial charge in [-0.25, -0.2) is 4.39 Å². The topological polar surface area (TPSA) is 99.0 Å². The van der Waals surface area contributed by atoms with Crippen LogP contribution in [-0.4, -0.2) is 55.9 Å². The van der Waals surface area contributed by atoms with Gasteiger partial charge in [-0.1, -0.05) is 36.4 Å². The van der Waals surface area contributed by atoms with Gasteiger partial charge in [0.15, 0.2) is 11.4 Å². The molecule has 2 fully saturated rings. The molecule has 1 aliphatic heterocycles. The van der Waals surface area contributed by atoms with Crippen molar-refractivity contribution in [3.63, 3.8) is 0 Å². The summed E-state index contributed by atoms with van der Waals surface area (Å²) in [6.07, 6.45) is -1.14. The SMILES string of the molecule is COCCNC(=O)[C@@]1(OCc2ccccc2F)CC(OCc2ccccc2C#N)[C@@H]2OC(C)(C)O[C@@H]2C1. The average Bonchev–Trinajstić information content (AvgIpc) is 3.20. The van der Waals surface area contributed by atoms with Crippen molar-refractivity contribution in [2.75, 3.05) is 20.3 Å². The zero-order chi connectivity index (χ0) is 26.5. The largest absolute Gasteiger partial charge is 0.383 e. The Kier molecular flexibility index (Phi) is 8.57. The Balaban J connectivity index is 1.62. The van der Waals surface area contributed by atoms with Crippen LogP contribution < -0.4 is 5.32 Å². The third-order valence-electron chi connectivity index (χ3n) is 6.71. The molecule has 1 aliphatic carbocycles. The van der Waals surface area contributed by atoms with Crippen molar-refractivity contribution in [1.29, 1.82) is 5.26 Å². The van der Waals surface area contributed by atoms with Crippen LogP contribution in [0.15, 0.2) is 48.5 Å². The van der Waals surface area contributed by atoms with E-state index in [1.165, 1.54) is 6.07 Å². The fourth-order valence-electron chi connectivity index (χ4n) is 4.92. The number of ether oxygens (including phenoxy) is 5. The molecule has 2 aliphatic rings. The summed E-state index contributed by atoms with van der Waals surface area (Å²) in [7, 11) is 1.55. The van der Waals surface area contributed by atoms with E-state index in [4.69, 9.17) is 23.7 Å². The summed E-state index contributed by atoms with van der Waals surface area (Å²) in [6.45, 7) is 4.30. The van der Waals surface area contributed by atoms with E-state index in [1.54, 1.807) is 37.4 Å². The number of nitrogens with zero attached hydrogens (tertiary/aromatic N) is 1. The van der Waals surface area contributed by atoms with Crippen LogP contribution in [-0.2, 0) is 41.7 Å². The molecule has 1 saturated heterocycles. The Bertz CT molecular complexity index is 1140. The number of carbonyl (C=O) groups excluding carboxylic acids is 1. The van der Waals surface area contributed by atoms with Crippen LogP contribution in [0.2, 0.25) is 0 Å². The van der Waals surface area contributed by atoms with Gasteiger partial charge in [0, 0.05) is 32.1 Å². The minimum Gasteiger partial charge on any atom is -0.383 e. The number of rotatable bonds is 10. The molecule has 0 spiro atoms. The predicted molar refractivity (Wildman–Crippen MR) is 132 cm³/mol. The molecule has 1 unspecified atom stereocenters. The Hall–Kier alpha value is -2.87. The summed E-state index contributed by atoms with van der Waals surface area (Å²) in [5.41, 5.74) is 0.226. The number of carbonyl (C=O) groups is 1. The highest BCUT2D eigenvalue weighted by atomic mass is 19.1. The normalized spacial score (nSPS) is 26.3. The van der Waals surface area contributed by atoms with Crippen molar-refractivity contribution in [2.24, 2.45) is 0 Å². The van der Waals surface area contributed by atoms with Crippen LogP contribution in [0.5, 0.6) is 0 Å². The maximum atomic E-state index is 14.4. The third-order valence-corrected chi connectivity index (χ3v) is 6.71. The van der Waals surface area contributed by atoms with Gasteiger partial charge in [0.05, 0.1) is 43.7 Å². The number of nitriles is 1. The summed E-state index contributed by atoms with van der Waals surface area (Å²) >= 11 is 0. The fourth-order valence-corrected chi connectivity index (χ4v) is 4.92. The highest BCUT2D eigenvalue weighted by Crippen LogP contribution is 2.44. The second-order valence-electron chi connectivity index (χ2n) is 9.79. The smallest absolute Gasteiger partial charge is 0.252 e. The van der Waals surface area contributed by atoms with Crippen molar-refractivity contribution in [2.45, 2.75) is 69.6 Å². The minimum atomic E-state index is -1.36. The maximum Gasteiger partial charge on any atom is 0.252 e. The van der Waals surface area contributed by atoms with E-state index in [2.05, 4.69) is 11.4 Å². The first-order valence-corrected chi connectivity index (χ1v) is 12.4. The molecular formula is C28H33FN2O6. The second kappa shape index (κ2) is 11.7. The van der Waals surface area contributed by atoms with Gasteiger partial charge in [-0.05, 0) is 31.5 Å². The molecule has 37 heavy (non-hydrogen) atoms. The number of hydrogen-bond donors (Lipinski definition) is 1. The molecular weight excluding hydrogens is 479 g/mol. The van der Waals surface area contributed by atoms with Crippen LogP contribution in [0, 0.1) is 17.1 Å². The van der Waals surface area contributed by atoms with Crippen LogP contribution in [0.3, 0.4) is 0 Å². The lowest BCUT2D eigenvalue weighted by Gasteiger charge is -2.43. The van der Waals surface area contributed by atoms with Crippen molar-refractivity contribution in [1.82, 2.24) is 5.32 Å². The van der Waals surface area contributed by atoms with E-state index >= 15 is 0 Å². The third kappa shape index (κ3) is 6.35. The lowest BCUT2D eigenvalue weighted by atomic mass is 9.78. The number of nitrogens with one attached hydrogen (secondary N) is 1. The molecule has 1 heterocycles. The molecule has 2 aromatic carbocycles. The van der Waals surface area contributed by atoms with Crippen LogP contribution >= 0.6 is 0 Å². The zero-order valence-electron chi connectivity index (χ0n) is 21.4. The number of fused-ring (bicyclic) bond motifs is 1. The molecule has 9 heteroatoms. The van der Waals surface area contributed by atoms with Gasteiger partial charge in [0.25, 0.3) is 5.91 Å². The first kappa shape index (κ1) is 27.2. The van der Waals surface area contributed by atoms with Crippen molar-refractivity contribution >= 4 is 5.91 Å². The summed E-state index contributed by atoms with van der Waals surface area (Å²) < 4.78 is 44.4. The monoisotopic (exact) mass is 512 g/mol. The molecule has 8 nitrogen and oxygen atoms in total. The predicted octanol–water partition coefficient (Wildman–Crippen LogP) is 3.61. The molecule has 1 amide bonds. The van der Waals surface area contributed by atoms with Gasteiger partial charge in [-0.3, -0.25) is 4.79 Å². The summed E-state index contributed by atoms with van der Waals surface area (Å²) in [5, 5.41) is 12.4. The molecule has 0 radical (unpaired) electrons. The minimum absolute atomic E-state index is 0.101. The van der Waals surface area contributed by atoms with Gasteiger partial charge in [0.2, 0.25) is 0 Å². The van der Waals surface area contributed by atoms with Gasteiger partial charge >= 0.3 is 0 Å². The summed E-state index contributed by atoms with van der Waals surface area (Å²) in [4.78, 5) is 13.6. The Morgan fingerprint density at radius 1 is 1.11 bits per heavy atom. The van der Waals surface area contributed by atoms with E-state index in [-0.39, 0.29) is 38.5 Å². The number of methoxy groups -OCH3 is 1. The number of amides is 1. The van der Waals surface area contributed by atoms with Crippen molar-refractivity contribution in [3.8, 4) is 6.07 Å². The van der Waals surface area contributed by atoms with Crippen molar-refractivity contribution < 1.29 is 32.9 Å². The molecule has 1 saturated carbocycles. The lowest BCUT2D eigenvalue weighted by Crippen LogP contribution is -2.60. The second-order valence-corrected chi connectivity index (χ2v) is 9.79.